The maximum atomic E-state index is 13.7. The van der Waals surface area contributed by atoms with Gasteiger partial charge < -0.3 is 5.73 Å². The summed E-state index contributed by atoms with van der Waals surface area (Å²) in [4.78, 5) is -0.665. The number of nitrogens with one attached hydrogen (secondary N) is 1. The average Bonchev–Trinajstić information content (AvgIpc) is 2.28. The molecule has 0 bridgehead atoms. The molecule has 1 aromatic rings. The lowest BCUT2D eigenvalue weighted by atomic mass is 10.2. The van der Waals surface area contributed by atoms with E-state index in [4.69, 9.17) is 5.73 Å². The van der Waals surface area contributed by atoms with E-state index < -0.39 is 46.3 Å². The Balaban J connectivity index is 2.80. The number of nitrogen functional groups attached to an aromatic ring is 1. The number of sulfonamides is 1. The Morgan fingerprint density at radius 1 is 1.30 bits per heavy atom. The average molecular weight is 314 g/mol. The Labute approximate surface area is 114 Å². The van der Waals surface area contributed by atoms with Gasteiger partial charge in [-0.25, -0.2) is 17.5 Å². The van der Waals surface area contributed by atoms with Crippen LogP contribution in [0.2, 0.25) is 0 Å². The van der Waals surface area contributed by atoms with Crippen molar-refractivity contribution in [1.82, 2.24) is 4.72 Å². The van der Waals surface area contributed by atoms with Gasteiger partial charge in [-0.2, -0.15) is 13.2 Å². The molecule has 0 spiro atoms. The first-order valence-corrected chi connectivity index (χ1v) is 7.13. The van der Waals surface area contributed by atoms with Crippen molar-refractivity contribution in [2.24, 2.45) is 0 Å². The molecule has 0 aliphatic rings. The van der Waals surface area contributed by atoms with E-state index in [1.165, 1.54) is 13.0 Å². The number of aryl methyl sites for hydroxylation is 1. The quantitative estimate of drug-likeness (QED) is 0.498. The lowest BCUT2D eigenvalue weighted by molar-refractivity contribution is -0.135. The minimum Gasteiger partial charge on any atom is -0.399 e. The van der Waals surface area contributed by atoms with Gasteiger partial charge in [0.2, 0.25) is 10.0 Å². The first-order chi connectivity index (χ1) is 9.03. The molecular formula is C11H14F4N2O2S. The normalized spacial score (nSPS) is 12.7. The van der Waals surface area contributed by atoms with Crippen LogP contribution in [0, 0.1) is 12.7 Å². The van der Waals surface area contributed by atoms with Gasteiger partial charge in [0.25, 0.3) is 0 Å². The molecule has 0 aromatic heterocycles. The van der Waals surface area contributed by atoms with Gasteiger partial charge in [0.05, 0.1) is 0 Å². The van der Waals surface area contributed by atoms with Gasteiger partial charge in [0.15, 0.2) is 0 Å². The van der Waals surface area contributed by atoms with Gasteiger partial charge in [0, 0.05) is 18.7 Å². The van der Waals surface area contributed by atoms with Crippen molar-refractivity contribution in [3.05, 3.63) is 23.5 Å². The van der Waals surface area contributed by atoms with Gasteiger partial charge in [0.1, 0.15) is 10.7 Å². The van der Waals surface area contributed by atoms with Crippen LogP contribution in [0.15, 0.2) is 17.0 Å². The van der Waals surface area contributed by atoms with Crippen molar-refractivity contribution in [1.29, 1.82) is 0 Å². The van der Waals surface area contributed by atoms with Gasteiger partial charge in [-0.1, -0.05) is 0 Å². The van der Waals surface area contributed by atoms with Crippen LogP contribution in [-0.2, 0) is 10.0 Å². The van der Waals surface area contributed by atoms with E-state index in [0.717, 1.165) is 6.07 Å². The molecule has 0 saturated carbocycles. The summed E-state index contributed by atoms with van der Waals surface area (Å²) in [7, 11) is -4.23. The van der Waals surface area contributed by atoms with E-state index in [2.05, 4.69) is 0 Å². The summed E-state index contributed by atoms with van der Waals surface area (Å²) in [5, 5.41) is 0. The predicted octanol–water partition coefficient (Wildman–Crippen LogP) is 2.34. The van der Waals surface area contributed by atoms with Crippen molar-refractivity contribution < 1.29 is 26.0 Å². The van der Waals surface area contributed by atoms with Crippen LogP contribution in [-0.4, -0.2) is 21.1 Å². The second-order valence-corrected chi connectivity index (χ2v) is 6.00. The van der Waals surface area contributed by atoms with E-state index in [9.17, 15) is 26.0 Å². The van der Waals surface area contributed by atoms with E-state index in [-0.39, 0.29) is 11.3 Å². The van der Waals surface area contributed by atoms with Crippen molar-refractivity contribution in [2.45, 2.75) is 30.8 Å². The minimum absolute atomic E-state index is 0.0423. The number of nitrogens with two attached hydrogens (primary N) is 1. The molecule has 20 heavy (non-hydrogen) atoms. The molecule has 0 atom stereocenters. The van der Waals surface area contributed by atoms with Crippen molar-refractivity contribution in [2.75, 3.05) is 12.3 Å². The fourth-order valence-electron chi connectivity index (χ4n) is 1.53. The summed E-state index contributed by atoms with van der Waals surface area (Å²) in [6.45, 7) is 0.906. The molecule has 0 radical (unpaired) electrons. The molecule has 0 saturated heterocycles. The summed E-state index contributed by atoms with van der Waals surface area (Å²) in [5.74, 6) is -0.970. The monoisotopic (exact) mass is 314 g/mol. The maximum Gasteiger partial charge on any atom is 0.389 e. The molecule has 4 nitrogen and oxygen atoms in total. The Morgan fingerprint density at radius 3 is 2.45 bits per heavy atom. The SMILES string of the molecule is Cc1cc(N)cc(S(=O)(=O)NCCCC(F)(F)F)c1F. The van der Waals surface area contributed by atoms with Crippen LogP contribution in [0.4, 0.5) is 23.2 Å². The second kappa shape index (κ2) is 5.96. The third-order valence-corrected chi connectivity index (χ3v) is 3.92. The van der Waals surface area contributed by atoms with Crippen LogP contribution in [0.5, 0.6) is 0 Å². The fourth-order valence-corrected chi connectivity index (χ4v) is 2.79. The predicted molar refractivity (Wildman–Crippen MR) is 66.0 cm³/mol. The van der Waals surface area contributed by atoms with Crippen LogP contribution in [0.1, 0.15) is 18.4 Å². The fraction of sp³-hybridized carbons (Fsp3) is 0.455. The molecule has 3 N–H and O–H groups in total. The van der Waals surface area contributed by atoms with Crippen LogP contribution >= 0.6 is 0 Å². The highest BCUT2D eigenvalue weighted by atomic mass is 32.2. The number of halogens is 4. The molecule has 1 rings (SSSR count). The molecular weight excluding hydrogens is 300 g/mol. The third-order valence-electron chi connectivity index (χ3n) is 2.46. The maximum absolute atomic E-state index is 13.7. The molecule has 0 heterocycles. The number of benzene rings is 1. The first-order valence-electron chi connectivity index (χ1n) is 5.65. The van der Waals surface area contributed by atoms with E-state index in [0.29, 0.717) is 0 Å². The van der Waals surface area contributed by atoms with Gasteiger partial charge in [-0.05, 0) is 31.0 Å². The Bertz CT molecular complexity index is 585. The highest BCUT2D eigenvalue weighted by Crippen LogP contribution is 2.23. The number of alkyl halides is 3. The number of rotatable bonds is 5. The van der Waals surface area contributed by atoms with Crippen LogP contribution < -0.4 is 10.5 Å². The third kappa shape index (κ3) is 4.64. The zero-order valence-electron chi connectivity index (χ0n) is 10.6. The number of hydrogen-bond acceptors (Lipinski definition) is 3. The summed E-state index contributed by atoms with van der Waals surface area (Å²) >= 11 is 0. The van der Waals surface area contributed by atoms with E-state index in [1.54, 1.807) is 0 Å². The molecule has 9 heteroatoms. The Morgan fingerprint density at radius 2 is 1.90 bits per heavy atom. The smallest absolute Gasteiger partial charge is 0.389 e. The van der Waals surface area contributed by atoms with Crippen molar-refractivity contribution in [3.63, 3.8) is 0 Å². The van der Waals surface area contributed by atoms with Crippen LogP contribution in [0.25, 0.3) is 0 Å². The topological polar surface area (TPSA) is 72.2 Å². The van der Waals surface area contributed by atoms with Crippen molar-refractivity contribution >= 4 is 15.7 Å². The van der Waals surface area contributed by atoms with Crippen LogP contribution in [0.3, 0.4) is 0 Å². The standard InChI is InChI=1S/C11H14F4N2O2S/c1-7-5-8(16)6-9(10(7)12)20(18,19)17-4-2-3-11(13,14)15/h5-6,17H,2-4,16H2,1H3. The van der Waals surface area contributed by atoms with E-state index in [1.807, 2.05) is 4.72 Å². The minimum atomic E-state index is -4.36. The number of anilines is 1. The zero-order chi connectivity index (χ0) is 15.6. The van der Waals surface area contributed by atoms with Gasteiger partial charge in [-0.15, -0.1) is 0 Å². The summed E-state index contributed by atoms with van der Waals surface area (Å²) < 4.78 is 75.0. The highest BCUT2D eigenvalue weighted by Gasteiger charge is 2.27. The van der Waals surface area contributed by atoms with E-state index >= 15 is 0 Å². The lowest BCUT2D eigenvalue weighted by Gasteiger charge is -2.11. The Kier molecular flexibility index (Phi) is 4.98. The van der Waals surface area contributed by atoms with Crippen molar-refractivity contribution in [3.8, 4) is 0 Å². The molecule has 0 unspecified atom stereocenters. The van der Waals surface area contributed by atoms with Gasteiger partial charge >= 0.3 is 6.18 Å². The molecule has 0 aliphatic heterocycles. The summed E-state index contributed by atoms with van der Waals surface area (Å²) in [5.41, 5.74) is 5.53. The molecule has 114 valence electrons. The largest absolute Gasteiger partial charge is 0.399 e. The highest BCUT2D eigenvalue weighted by molar-refractivity contribution is 7.89. The zero-order valence-corrected chi connectivity index (χ0v) is 11.4. The molecule has 0 fully saturated rings. The second-order valence-electron chi connectivity index (χ2n) is 4.27. The molecule has 0 amide bonds. The summed E-state index contributed by atoms with van der Waals surface area (Å²) in [6.07, 6.45) is -5.90. The Hall–Kier alpha value is -1.35. The lowest BCUT2D eigenvalue weighted by Crippen LogP contribution is -2.27. The van der Waals surface area contributed by atoms with Gasteiger partial charge in [-0.3, -0.25) is 0 Å². The summed E-state index contributed by atoms with van der Waals surface area (Å²) in [6, 6.07) is 2.19. The first kappa shape index (κ1) is 16.7. The number of hydrogen-bond donors (Lipinski definition) is 2. The molecule has 0 aliphatic carbocycles. The molecule has 1 aromatic carbocycles.